The fraction of sp³-hybridized carbons (Fsp3) is 0.368. The summed E-state index contributed by atoms with van der Waals surface area (Å²) < 4.78 is 13.2. The smallest absolute Gasteiger partial charge is 0.313 e. The van der Waals surface area contributed by atoms with Gasteiger partial charge < -0.3 is 15.5 Å². The summed E-state index contributed by atoms with van der Waals surface area (Å²) in [6.07, 6.45) is 0. The Balaban J connectivity index is 1.59. The van der Waals surface area contributed by atoms with Crippen molar-refractivity contribution >= 4 is 28.8 Å². The molecule has 1 saturated heterocycles. The number of nitrogens with zero attached hydrogens (tertiary/aromatic N) is 2. The Morgan fingerprint density at radius 2 is 1.96 bits per heavy atom. The van der Waals surface area contributed by atoms with Gasteiger partial charge in [-0.1, -0.05) is 6.07 Å². The van der Waals surface area contributed by atoms with Crippen molar-refractivity contribution < 1.29 is 14.0 Å². The van der Waals surface area contributed by atoms with E-state index in [0.717, 1.165) is 31.7 Å². The van der Waals surface area contributed by atoms with Crippen molar-refractivity contribution in [3.63, 3.8) is 0 Å². The number of nitrogens with one attached hydrogen (secondary N) is 2. The van der Waals surface area contributed by atoms with E-state index in [9.17, 15) is 14.0 Å². The second-order valence-corrected chi connectivity index (χ2v) is 7.37. The maximum Gasteiger partial charge on any atom is 0.313 e. The van der Waals surface area contributed by atoms with E-state index in [-0.39, 0.29) is 11.7 Å². The van der Waals surface area contributed by atoms with E-state index < -0.39 is 17.6 Å². The Kier molecular flexibility index (Phi) is 6.54. The van der Waals surface area contributed by atoms with Crippen LogP contribution in [-0.4, -0.2) is 61.4 Å². The summed E-state index contributed by atoms with van der Waals surface area (Å²) in [5, 5.41) is 9.22. The summed E-state index contributed by atoms with van der Waals surface area (Å²) in [5.74, 6) is -2.00. The van der Waals surface area contributed by atoms with Gasteiger partial charge >= 0.3 is 11.8 Å². The minimum absolute atomic E-state index is 0.0240. The third-order valence-electron chi connectivity index (χ3n) is 4.65. The third kappa shape index (κ3) is 5.35. The van der Waals surface area contributed by atoms with Gasteiger partial charge in [-0.3, -0.25) is 14.5 Å². The number of halogens is 1. The fourth-order valence-electron chi connectivity index (χ4n) is 3.08. The first-order chi connectivity index (χ1) is 13.0. The van der Waals surface area contributed by atoms with Gasteiger partial charge in [0.05, 0.1) is 6.04 Å². The van der Waals surface area contributed by atoms with Gasteiger partial charge in [0.1, 0.15) is 5.82 Å². The first-order valence-corrected chi connectivity index (χ1v) is 9.76. The summed E-state index contributed by atoms with van der Waals surface area (Å²) in [7, 11) is 2.09. The van der Waals surface area contributed by atoms with E-state index in [1.165, 1.54) is 24.3 Å². The maximum atomic E-state index is 13.2. The molecule has 0 bridgehead atoms. The van der Waals surface area contributed by atoms with Crippen molar-refractivity contribution in [3.05, 3.63) is 52.5 Å². The van der Waals surface area contributed by atoms with Crippen LogP contribution in [0.1, 0.15) is 11.6 Å². The van der Waals surface area contributed by atoms with Gasteiger partial charge in [0.2, 0.25) is 0 Å². The summed E-state index contributed by atoms with van der Waals surface area (Å²) in [6.45, 7) is 4.09. The molecule has 6 nitrogen and oxygen atoms in total. The van der Waals surface area contributed by atoms with Crippen LogP contribution in [0.4, 0.5) is 10.1 Å². The van der Waals surface area contributed by atoms with Crippen molar-refractivity contribution in [2.24, 2.45) is 0 Å². The van der Waals surface area contributed by atoms with E-state index in [1.54, 1.807) is 11.3 Å². The van der Waals surface area contributed by atoms with Crippen molar-refractivity contribution in [2.75, 3.05) is 45.1 Å². The number of hydrogen-bond acceptors (Lipinski definition) is 5. The zero-order chi connectivity index (χ0) is 19.2. The SMILES string of the molecule is CN1CCN([C@H](CNC(=O)C(=O)Nc2cccc(F)c2)c2ccsc2)CC1. The van der Waals surface area contributed by atoms with Crippen molar-refractivity contribution in [1.82, 2.24) is 15.1 Å². The normalized spacial score (nSPS) is 16.7. The highest BCUT2D eigenvalue weighted by Gasteiger charge is 2.25. The molecule has 1 aliphatic rings. The number of carbonyl (C=O) groups is 2. The van der Waals surface area contributed by atoms with Crippen LogP contribution in [0.25, 0.3) is 0 Å². The van der Waals surface area contributed by atoms with Crippen LogP contribution in [-0.2, 0) is 9.59 Å². The predicted molar refractivity (Wildman–Crippen MR) is 104 cm³/mol. The highest BCUT2D eigenvalue weighted by Crippen LogP contribution is 2.23. The minimum Gasteiger partial charge on any atom is -0.346 e. The number of amides is 2. The summed E-state index contributed by atoms with van der Waals surface area (Å²) >= 11 is 1.61. The number of rotatable bonds is 5. The lowest BCUT2D eigenvalue weighted by Gasteiger charge is -2.37. The lowest BCUT2D eigenvalue weighted by molar-refractivity contribution is -0.136. The Labute approximate surface area is 162 Å². The molecule has 2 amide bonds. The van der Waals surface area contributed by atoms with Gasteiger partial charge in [0.25, 0.3) is 0 Å². The highest BCUT2D eigenvalue weighted by atomic mass is 32.1. The number of likely N-dealkylation sites (N-methyl/N-ethyl adjacent to an activating group) is 1. The van der Waals surface area contributed by atoms with Crippen LogP contribution in [0, 0.1) is 5.82 Å². The molecule has 2 aromatic rings. The molecule has 0 aliphatic carbocycles. The second-order valence-electron chi connectivity index (χ2n) is 6.59. The topological polar surface area (TPSA) is 64.7 Å². The van der Waals surface area contributed by atoms with Gasteiger partial charge in [-0.2, -0.15) is 11.3 Å². The van der Waals surface area contributed by atoms with Crippen molar-refractivity contribution in [3.8, 4) is 0 Å². The molecule has 8 heteroatoms. The number of thiophene rings is 1. The molecule has 2 N–H and O–H groups in total. The Hall–Kier alpha value is -2.29. The van der Waals surface area contributed by atoms with Crippen LogP contribution >= 0.6 is 11.3 Å². The molecular weight excluding hydrogens is 367 g/mol. The zero-order valence-corrected chi connectivity index (χ0v) is 16.0. The first kappa shape index (κ1) is 19.5. The molecule has 1 fully saturated rings. The average Bonchev–Trinajstić information content (AvgIpc) is 3.17. The minimum atomic E-state index is -0.803. The number of anilines is 1. The van der Waals surface area contributed by atoms with Crippen molar-refractivity contribution in [2.45, 2.75) is 6.04 Å². The van der Waals surface area contributed by atoms with Crippen LogP contribution in [0.5, 0.6) is 0 Å². The quantitative estimate of drug-likeness (QED) is 0.766. The number of piperazine rings is 1. The van der Waals surface area contributed by atoms with E-state index in [1.807, 2.05) is 11.4 Å². The molecule has 0 saturated carbocycles. The van der Waals surface area contributed by atoms with Crippen LogP contribution in [0.15, 0.2) is 41.1 Å². The monoisotopic (exact) mass is 390 g/mol. The van der Waals surface area contributed by atoms with Crippen LogP contribution in [0.2, 0.25) is 0 Å². The zero-order valence-electron chi connectivity index (χ0n) is 15.2. The lowest BCUT2D eigenvalue weighted by atomic mass is 10.1. The molecule has 1 aromatic heterocycles. The van der Waals surface area contributed by atoms with Gasteiger partial charge in [-0.25, -0.2) is 4.39 Å². The Morgan fingerprint density at radius 1 is 1.19 bits per heavy atom. The Bertz CT molecular complexity index is 776. The molecule has 0 spiro atoms. The summed E-state index contributed by atoms with van der Waals surface area (Å²) in [5.41, 5.74) is 1.39. The highest BCUT2D eigenvalue weighted by molar-refractivity contribution is 7.08. The molecule has 3 rings (SSSR count). The van der Waals surface area contributed by atoms with E-state index in [0.29, 0.717) is 6.54 Å². The lowest BCUT2D eigenvalue weighted by Crippen LogP contribution is -2.49. The fourth-order valence-corrected chi connectivity index (χ4v) is 3.79. The van der Waals surface area contributed by atoms with Crippen molar-refractivity contribution in [1.29, 1.82) is 0 Å². The van der Waals surface area contributed by atoms with Crippen LogP contribution in [0.3, 0.4) is 0 Å². The molecule has 1 atom stereocenters. The Morgan fingerprint density at radius 3 is 2.63 bits per heavy atom. The van der Waals surface area contributed by atoms with E-state index in [4.69, 9.17) is 0 Å². The van der Waals surface area contributed by atoms with Crippen LogP contribution < -0.4 is 10.6 Å². The second kappa shape index (κ2) is 9.07. The standard InChI is InChI=1S/C19H23FN4O2S/c1-23-6-8-24(9-7-23)17(14-5-10-27-13-14)12-21-18(25)19(26)22-16-4-2-3-15(20)11-16/h2-5,10-11,13,17H,6-9,12H2,1H3,(H,21,25)(H,22,26)/t17-/m1/s1. The molecule has 2 heterocycles. The van der Waals surface area contributed by atoms with Gasteiger partial charge in [-0.15, -0.1) is 0 Å². The molecule has 0 radical (unpaired) electrons. The molecule has 144 valence electrons. The molecule has 27 heavy (non-hydrogen) atoms. The number of hydrogen-bond donors (Lipinski definition) is 2. The summed E-state index contributed by atoms with van der Waals surface area (Å²) in [4.78, 5) is 28.9. The number of benzene rings is 1. The number of carbonyl (C=O) groups excluding carboxylic acids is 2. The molecule has 0 unspecified atom stereocenters. The largest absolute Gasteiger partial charge is 0.346 e. The average molecular weight is 390 g/mol. The van der Waals surface area contributed by atoms with Gasteiger partial charge in [0.15, 0.2) is 0 Å². The molecule has 1 aromatic carbocycles. The maximum absolute atomic E-state index is 13.2. The molecule has 1 aliphatic heterocycles. The molecular formula is C19H23FN4O2S. The van der Waals surface area contributed by atoms with Gasteiger partial charge in [0, 0.05) is 38.4 Å². The predicted octanol–water partition coefficient (Wildman–Crippen LogP) is 1.93. The first-order valence-electron chi connectivity index (χ1n) is 8.82. The van der Waals surface area contributed by atoms with E-state index >= 15 is 0 Å². The van der Waals surface area contributed by atoms with E-state index in [2.05, 4.69) is 32.9 Å². The third-order valence-corrected chi connectivity index (χ3v) is 5.35. The van der Waals surface area contributed by atoms with Gasteiger partial charge in [-0.05, 0) is 47.6 Å². The summed E-state index contributed by atoms with van der Waals surface area (Å²) in [6, 6.07) is 7.53.